The molecule has 6 nitrogen and oxygen atoms in total. The Morgan fingerprint density at radius 3 is 3.00 bits per heavy atom. The van der Waals surface area contributed by atoms with Gasteiger partial charge in [-0.25, -0.2) is 4.68 Å². The second-order valence-corrected chi connectivity index (χ2v) is 6.05. The number of nitrogens with zero attached hydrogens (tertiary/aromatic N) is 4. The van der Waals surface area contributed by atoms with Crippen molar-refractivity contribution < 1.29 is 4.79 Å². The van der Waals surface area contributed by atoms with E-state index in [4.69, 9.17) is 0 Å². The van der Waals surface area contributed by atoms with Crippen LogP contribution in [0.25, 0.3) is 0 Å². The van der Waals surface area contributed by atoms with Gasteiger partial charge in [-0.05, 0) is 30.9 Å². The fourth-order valence-corrected chi connectivity index (χ4v) is 2.82. The van der Waals surface area contributed by atoms with Crippen LogP contribution in [0.1, 0.15) is 55.6 Å². The number of amides is 1. The summed E-state index contributed by atoms with van der Waals surface area (Å²) in [5.41, 5.74) is 2.08. The summed E-state index contributed by atoms with van der Waals surface area (Å²) in [7, 11) is 1.79. The zero-order valence-electron chi connectivity index (χ0n) is 13.2. The smallest absolute Gasteiger partial charge is 0.235 e. The molecule has 22 heavy (non-hydrogen) atoms. The molecule has 0 bridgehead atoms. The molecule has 2 aromatic rings. The highest BCUT2D eigenvalue weighted by atomic mass is 16.2. The molecule has 0 saturated carbocycles. The number of aryl methyl sites for hydroxylation is 2. The SMILES string of the molecule is CC(C)c1nc(NC(=O)C2CCCc3cccnc32)n(C)n1. The molecule has 0 spiro atoms. The van der Waals surface area contributed by atoms with Crippen molar-refractivity contribution in [3.8, 4) is 0 Å². The number of pyridine rings is 1. The van der Waals surface area contributed by atoms with Gasteiger partial charge in [-0.15, -0.1) is 0 Å². The third-order valence-corrected chi connectivity index (χ3v) is 4.04. The van der Waals surface area contributed by atoms with Gasteiger partial charge in [0.1, 0.15) is 0 Å². The highest BCUT2D eigenvalue weighted by Gasteiger charge is 2.28. The third kappa shape index (κ3) is 2.73. The van der Waals surface area contributed by atoms with Gasteiger partial charge in [-0.3, -0.25) is 15.1 Å². The molecule has 2 heterocycles. The molecule has 0 fully saturated rings. The van der Waals surface area contributed by atoms with Crippen LogP contribution >= 0.6 is 0 Å². The van der Waals surface area contributed by atoms with E-state index in [1.807, 2.05) is 19.9 Å². The van der Waals surface area contributed by atoms with Crippen molar-refractivity contribution in [1.29, 1.82) is 0 Å². The summed E-state index contributed by atoms with van der Waals surface area (Å²) in [6, 6.07) is 3.98. The maximum absolute atomic E-state index is 12.6. The molecular formula is C16H21N5O. The lowest BCUT2D eigenvalue weighted by molar-refractivity contribution is -0.118. The van der Waals surface area contributed by atoms with Crippen LogP contribution in [0.5, 0.6) is 0 Å². The largest absolute Gasteiger partial charge is 0.294 e. The van der Waals surface area contributed by atoms with Gasteiger partial charge >= 0.3 is 0 Å². The van der Waals surface area contributed by atoms with Crippen molar-refractivity contribution in [2.24, 2.45) is 7.05 Å². The molecule has 0 aliphatic heterocycles. The monoisotopic (exact) mass is 299 g/mol. The quantitative estimate of drug-likeness (QED) is 0.944. The number of anilines is 1. The fraction of sp³-hybridized carbons (Fsp3) is 0.500. The maximum Gasteiger partial charge on any atom is 0.235 e. The Hall–Kier alpha value is -2.24. The van der Waals surface area contributed by atoms with Gasteiger partial charge in [-0.2, -0.15) is 10.1 Å². The molecule has 116 valence electrons. The van der Waals surface area contributed by atoms with Gasteiger partial charge in [0, 0.05) is 19.2 Å². The minimum Gasteiger partial charge on any atom is -0.294 e. The molecule has 0 radical (unpaired) electrons. The summed E-state index contributed by atoms with van der Waals surface area (Å²) in [5.74, 6) is 1.21. The lowest BCUT2D eigenvalue weighted by Crippen LogP contribution is -2.26. The van der Waals surface area contributed by atoms with Crippen molar-refractivity contribution >= 4 is 11.9 Å². The molecule has 1 N–H and O–H groups in total. The molecule has 0 aromatic carbocycles. The first kappa shape index (κ1) is 14.7. The van der Waals surface area contributed by atoms with Gasteiger partial charge in [0.25, 0.3) is 0 Å². The minimum atomic E-state index is -0.204. The number of rotatable bonds is 3. The molecule has 0 saturated heterocycles. The number of hydrogen-bond acceptors (Lipinski definition) is 4. The Kier molecular flexibility index (Phi) is 3.92. The molecule has 6 heteroatoms. The third-order valence-electron chi connectivity index (χ3n) is 4.04. The van der Waals surface area contributed by atoms with E-state index < -0.39 is 0 Å². The Balaban J connectivity index is 1.81. The van der Waals surface area contributed by atoms with Crippen molar-refractivity contribution in [3.63, 3.8) is 0 Å². The highest BCUT2D eigenvalue weighted by molar-refractivity contribution is 5.94. The number of hydrogen-bond donors (Lipinski definition) is 1. The van der Waals surface area contributed by atoms with Crippen molar-refractivity contribution in [1.82, 2.24) is 19.7 Å². The predicted octanol–water partition coefficient (Wildman–Crippen LogP) is 2.39. The van der Waals surface area contributed by atoms with Crippen molar-refractivity contribution in [2.45, 2.75) is 44.9 Å². The summed E-state index contributed by atoms with van der Waals surface area (Å²) < 4.78 is 1.62. The zero-order chi connectivity index (χ0) is 15.7. The number of carbonyl (C=O) groups is 1. The summed E-state index contributed by atoms with van der Waals surface area (Å²) in [6.45, 7) is 4.06. The second kappa shape index (κ2) is 5.87. The topological polar surface area (TPSA) is 72.7 Å². The zero-order valence-corrected chi connectivity index (χ0v) is 13.2. The van der Waals surface area contributed by atoms with Gasteiger partial charge in [0.05, 0.1) is 11.6 Å². The van der Waals surface area contributed by atoms with Crippen LogP contribution in [0.4, 0.5) is 5.95 Å². The Bertz CT molecular complexity index is 692. The molecule has 1 unspecified atom stereocenters. The van der Waals surface area contributed by atoms with Crippen molar-refractivity contribution in [3.05, 3.63) is 35.4 Å². The number of fused-ring (bicyclic) bond motifs is 1. The average molecular weight is 299 g/mol. The first-order chi connectivity index (χ1) is 10.6. The predicted molar refractivity (Wildman–Crippen MR) is 83.6 cm³/mol. The van der Waals surface area contributed by atoms with Gasteiger partial charge in [-0.1, -0.05) is 19.9 Å². The summed E-state index contributed by atoms with van der Waals surface area (Å²) >= 11 is 0. The van der Waals surface area contributed by atoms with Crippen LogP contribution in [0.3, 0.4) is 0 Å². The standard InChI is InChI=1S/C16H21N5O/c1-10(2)14-18-16(21(3)20-14)19-15(22)12-8-4-6-11-7-5-9-17-13(11)12/h5,7,9-10,12H,4,6,8H2,1-3H3,(H,18,19,20,22). The average Bonchev–Trinajstić information content (AvgIpc) is 2.88. The van der Waals surface area contributed by atoms with Crippen LogP contribution < -0.4 is 5.32 Å². The van der Waals surface area contributed by atoms with E-state index in [0.29, 0.717) is 5.95 Å². The van der Waals surface area contributed by atoms with E-state index in [2.05, 4.69) is 26.4 Å². The minimum absolute atomic E-state index is 0.0505. The van der Waals surface area contributed by atoms with Crippen LogP contribution in [-0.2, 0) is 18.3 Å². The first-order valence-electron chi connectivity index (χ1n) is 7.72. The van der Waals surface area contributed by atoms with E-state index in [1.54, 1.807) is 17.9 Å². The molecule has 1 atom stereocenters. The Morgan fingerprint density at radius 2 is 2.27 bits per heavy atom. The molecule has 2 aromatic heterocycles. The summed E-state index contributed by atoms with van der Waals surface area (Å²) in [5, 5.41) is 7.23. The van der Waals surface area contributed by atoms with Crippen LogP contribution in [0, 0.1) is 0 Å². The Labute approximate surface area is 130 Å². The van der Waals surface area contributed by atoms with E-state index in [0.717, 1.165) is 30.8 Å². The van der Waals surface area contributed by atoms with Crippen molar-refractivity contribution in [2.75, 3.05) is 5.32 Å². The number of carbonyl (C=O) groups excluding carboxylic acids is 1. The highest BCUT2D eigenvalue weighted by Crippen LogP contribution is 2.30. The molecule has 1 aliphatic rings. The van der Waals surface area contributed by atoms with Crippen LogP contribution in [0.15, 0.2) is 18.3 Å². The normalized spacial score (nSPS) is 17.4. The van der Waals surface area contributed by atoms with Gasteiger partial charge in [0.15, 0.2) is 5.82 Å². The lowest BCUT2D eigenvalue weighted by Gasteiger charge is -2.23. The molecular weight excluding hydrogens is 278 g/mol. The molecule has 3 rings (SSSR count). The number of aromatic nitrogens is 4. The molecule has 1 amide bonds. The fourth-order valence-electron chi connectivity index (χ4n) is 2.82. The summed E-state index contributed by atoms with van der Waals surface area (Å²) in [4.78, 5) is 21.4. The molecule has 1 aliphatic carbocycles. The van der Waals surface area contributed by atoms with Gasteiger partial charge in [0.2, 0.25) is 11.9 Å². The van der Waals surface area contributed by atoms with Gasteiger partial charge < -0.3 is 0 Å². The second-order valence-electron chi connectivity index (χ2n) is 6.05. The summed E-state index contributed by atoms with van der Waals surface area (Å²) in [6.07, 6.45) is 4.58. The van der Waals surface area contributed by atoms with E-state index in [-0.39, 0.29) is 17.7 Å². The Morgan fingerprint density at radius 1 is 1.45 bits per heavy atom. The van der Waals surface area contributed by atoms with E-state index in [1.165, 1.54) is 5.56 Å². The van der Waals surface area contributed by atoms with Crippen LogP contribution in [0.2, 0.25) is 0 Å². The van der Waals surface area contributed by atoms with Crippen LogP contribution in [-0.4, -0.2) is 25.7 Å². The maximum atomic E-state index is 12.6. The van der Waals surface area contributed by atoms with E-state index in [9.17, 15) is 4.79 Å². The number of nitrogens with one attached hydrogen (secondary N) is 1. The van der Waals surface area contributed by atoms with E-state index >= 15 is 0 Å². The lowest BCUT2D eigenvalue weighted by atomic mass is 9.86. The first-order valence-corrected chi connectivity index (χ1v) is 7.72.